The zero-order valence-corrected chi connectivity index (χ0v) is 49.5. The maximum Gasteiger partial charge on any atom is 0.324 e. The van der Waals surface area contributed by atoms with Gasteiger partial charge in [-0.1, -0.05) is 33.3 Å². The lowest BCUT2D eigenvalue weighted by Gasteiger charge is -2.41. The molecule has 4 aromatic rings. The predicted octanol–water partition coefficient (Wildman–Crippen LogP) is 7.52. The average molecular weight is 1140 g/mol. The summed E-state index contributed by atoms with van der Waals surface area (Å²) in [5.41, 5.74) is 7.04. The highest BCUT2D eigenvalue weighted by Crippen LogP contribution is 2.48. The number of cyclic esters (lactones) is 1. The summed E-state index contributed by atoms with van der Waals surface area (Å²) < 4.78 is 48.7. The second kappa shape index (κ2) is 22.9. The standard InChI is InChI=1S/C61H83F2N11O6S/c1-10-73-49-30-45(62)42-29-41(49)44(54(73)43-28-40(33-64-51(43)37(3)79-9)71-26-24-68(6)25-27-71)32-60(4,5)35-80-58(77)46-16-13-21-74(67-46)36(2)47(31-50-65-48(42)34-81-50)66-56(75)53(38-14-11-12-15-38)70(8)59(78)61(63)19-22-72(23-20-61)57(76)55-52(69(55)7)39-17-18-39/h28-30,33-34,37-39,46-47,52-53,55,67H,2,10-27,31-32,35H2,1,3-9H3,(H,66,75)/t37-,46-,47-,52+,53-,55+,69?/m0/s1. The van der Waals surface area contributed by atoms with Gasteiger partial charge in [0.15, 0.2) is 5.67 Å². The molecule has 2 aliphatic carbocycles. The van der Waals surface area contributed by atoms with Crippen LogP contribution in [0.5, 0.6) is 0 Å². The number of hydrazine groups is 1. The van der Waals surface area contributed by atoms with Gasteiger partial charge in [-0.15, -0.1) is 11.3 Å². The average Bonchev–Trinajstić information content (AvgIpc) is 3.29. The highest BCUT2D eigenvalue weighted by molar-refractivity contribution is 7.10. The van der Waals surface area contributed by atoms with Crippen LogP contribution in [-0.4, -0.2) is 179 Å². The number of nitrogens with one attached hydrogen (secondary N) is 2. The molecule has 6 bridgehead atoms. The number of carbonyl (C=O) groups is 4. The molecular formula is C61H83F2N11O6S. The van der Waals surface area contributed by atoms with Crippen LogP contribution in [-0.2, 0) is 48.0 Å². The minimum absolute atomic E-state index is 0.00742. The first-order valence-corrected chi connectivity index (χ1v) is 30.6. The Labute approximate surface area is 479 Å². The Morgan fingerprint density at radius 2 is 1.73 bits per heavy atom. The molecule has 11 rings (SSSR count). The Bertz CT molecular complexity index is 3050. The minimum Gasteiger partial charge on any atom is -0.464 e. The van der Waals surface area contributed by atoms with Gasteiger partial charge < -0.3 is 44.0 Å². The zero-order chi connectivity index (χ0) is 57.2. The number of hydrogen-bond donors (Lipinski definition) is 2. The van der Waals surface area contributed by atoms with Crippen LogP contribution < -0.4 is 15.6 Å². The van der Waals surface area contributed by atoms with E-state index in [0.29, 0.717) is 73.1 Å². The van der Waals surface area contributed by atoms with Gasteiger partial charge in [0.05, 0.1) is 58.2 Å². The summed E-state index contributed by atoms with van der Waals surface area (Å²) in [6.45, 7) is 17.7. The lowest BCUT2D eigenvalue weighted by Crippen LogP contribution is -2.61. The number of aromatic nitrogens is 3. The van der Waals surface area contributed by atoms with E-state index in [4.69, 9.17) is 19.4 Å². The largest absolute Gasteiger partial charge is 0.464 e. The molecule has 17 nitrogen and oxygen atoms in total. The number of piperazine rings is 1. The van der Waals surface area contributed by atoms with Gasteiger partial charge in [-0.05, 0) is 108 Å². The van der Waals surface area contributed by atoms with E-state index in [-0.39, 0.29) is 69.0 Å². The molecule has 3 aromatic heterocycles. The number of ether oxygens (including phenoxy) is 2. The molecule has 3 amide bonds. The molecule has 8 heterocycles. The van der Waals surface area contributed by atoms with E-state index in [0.717, 1.165) is 91.0 Å². The van der Waals surface area contributed by atoms with Crippen LogP contribution in [0, 0.1) is 23.1 Å². The molecule has 20 heteroatoms. The number of esters is 1. The molecule has 6 fully saturated rings. The van der Waals surface area contributed by atoms with Gasteiger partial charge in [0, 0.05) is 125 Å². The van der Waals surface area contributed by atoms with Gasteiger partial charge in [-0.2, -0.15) is 0 Å². The van der Waals surface area contributed by atoms with E-state index in [1.54, 1.807) is 18.1 Å². The van der Waals surface area contributed by atoms with Crippen molar-refractivity contribution in [1.29, 1.82) is 0 Å². The van der Waals surface area contributed by atoms with Gasteiger partial charge in [0.25, 0.3) is 5.91 Å². The fraction of sp³-hybridized carbons (Fsp3) is 0.639. The summed E-state index contributed by atoms with van der Waals surface area (Å²) >= 11 is 1.35. The lowest BCUT2D eigenvalue weighted by atomic mass is 9.84. The summed E-state index contributed by atoms with van der Waals surface area (Å²) in [5.74, 6) is -1.70. The SMILES string of the molecule is C=C1[C@@H](NC(=O)[C@H](C2CCCC2)N(C)C(=O)C2(F)CCN(C(=O)[C@H]3[C@@H](C4CC4)N3C)CC2)Cc2nc(cs2)-c2cc3c(c(-c4cc(N5CCN(C)CC5)cnc4[C@H](C)OC)n(CC)c3cc2F)CC(C)(C)COC(=O)[C@@H]2CCCN1N2. The second-order valence-corrected chi connectivity index (χ2v) is 26.1. The van der Waals surface area contributed by atoms with E-state index >= 15 is 13.6 Å². The number of pyridine rings is 1. The molecular weight excluding hydrogens is 1050 g/mol. The fourth-order valence-electron chi connectivity index (χ4n) is 13.9. The van der Waals surface area contributed by atoms with Crippen LogP contribution in [0.25, 0.3) is 33.4 Å². The quantitative estimate of drug-likeness (QED) is 0.106. The van der Waals surface area contributed by atoms with Crippen molar-refractivity contribution in [2.45, 2.75) is 153 Å². The normalized spacial score (nSPS) is 26.2. The third-order valence-electron chi connectivity index (χ3n) is 18.9. The van der Waals surface area contributed by atoms with E-state index in [9.17, 15) is 14.4 Å². The van der Waals surface area contributed by atoms with Gasteiger partial charge in [-0.3, -0.25) is 29.1 Å². The van der Waals surface area contributed by atoms with Crippen molar-refractivity contribution in [3.63, 3.8) is 0 Å². The molecule has 0 spiro atoms. The maximum absolute atomic E-state index is 17.2. The third kappa shape index (κ3) is 11.4. The van der Waals surface area contributed by atoms with Crippen LogP contribution >= 0.6 is 11.3 Å². The maximum atomic E-state index is 17.2. The van der Waals surface area contributed by atoms with E-state index in [2.05, 4.69) is 70.5 Å². The molecule has 7 atom stereocenters. The Morgan fingerprint density at radius 3 is 2.42 bits per heavy atom. The van der Waals surface area contributed by atoms with Crippen molar-refractivity contribution < 1.29 is 37.4 Å². The zero-order valence-electron chi connectivity index (χ0n) is 48.7. The summed E-state index contributed by atoms with van der Waals surface area (Å²) in [6, 6.07) is 3.29. The molecule has 5 aliphatic heterocycles. The summed E-state index contributed by atoms with van der Waals surface area (Å²) in [5, 5.41) is 8.38. The molecule has 7 aliphatic rings. The van der Waals surface area contributed by atoms with Crippen LogP contribution in [0.2, 0.25) is 0 Å². The number of likely N-dealkylation sites (tertiary alicyclic amines) is 1. The lowest BCUT2D eigenvalue weighted by molar-refractivity contribution is -0.155. The number of aryl methyl sites for hydroxylation is 1. The van der Waals surface area contributed by atoms with E-state index in [1.165, 1.54) is 23.3 Å². The fourth-order valence-corrected chi connectivity index (χ4v) is 14.7. The van der Waals surface area contributed by atoms with Crippen molar-refractivity contribution in [3.8, 4) is 22.5 Å². The van der Waals surface area contributed by atoms with E-state index in [1.807, 2.05) is 36.6 Å². The number of fused-ring (bicyclic) bond motifs is 6. The summed E-state index contributed by atoms with van der Waals surface area (Å²) in [4.78, 5) is 77.6. The number of piperidine rings is 1. The number of nitrogens with zero attached hydrogens (tertiary/aromatic N) is 9. The number of methoxy groups -OCH3 is 1. The first-order chi connectivity index (χ1) is 38.8. The highest BCUT2D eigenvalue weighted by Gasteiger charge is 2.58. The minimum atomic E-state index is -2.25. The van der Waals surface area contributed by atoms with Crippen molar-refractivity contribution >= 4 is 51.6 Å². The smallest absolute Gasteiger partial charge is 0.324 e. The Kier molecular flexibility index (Phi) is 16.2. The van der Waals surface area contributed by atoms with Gasteiger partial charge >= 0.3 is 5.97 Å². The Hall–Kier alpha value is -5.54. The van der Waals surface area contributed by atoms with Crippen molar-refractivity contribution in [2.75, 3.05) is 85.6 Å². The molecule has 81 heavy (non-hydrogen) atoms. The number of halogens is 2. The first kappa shape index (κ1) is 57.3. The van der Waals surface area contributed by atoms with E-state index < -0.39 is 52.8 Å². The predicted molar refractivity (Wildman–Crippen MR) is 309 cm³/mol. The van der Waals surface area contributed by atoms with Crippen molar-refractivity contribution in [3.05, 3.63) is 64.1 Å². The molecule has 1 aromatic carbocycles. The number of rotatable bonds is 12. The Morgan fingerprint density at radius 1 is 1.00 bits per heavy atom. The van der Waals surface area contributed by atoms with Gasteiger partial charge in [-0.25, -0.2) is 19.2 Å². The molecule has 438 valence electrons. The topological polar surface area (TPSA) is 161 Å². The van der Waals surface area contributed by atoms with Crippen LogP contribution in [0.3, 0.4) is 0 Å². The van der Waals surface area contributed by atoms with Crippen molar-refractivity contribution in [1.82, 2.24) is 49.9 Å². The number of amides is 3. The third-order valence-corrected chi connectivity index (χ3v) is 19.8. The Balaban J connectivity index is 0.926. The number of hydrogen-bond acceptors (Lipinski definition) is 14. The number of likely N-dealkylation sites (N-methyl/N-ethyl adjacent to an activating group) is 3. The van der Waals surface area contributed by atoms with Gasteiger partial charge in [0.2, 0.25) is 11.8 Å². The molecule has 4 saturated heterocycles. The number of alkyl halides is 1. The number of benzene rings is 1. The van der Waals surface area contributed by atoms with Crippen LogP contribution in [0.1, 0.15) is 114 Å². The number of thiazole rings is 1. The highest BCUT2D eigenvalue weighted by atomic mass is 32.1. The second-order valence-electron chi connectivity index (χ2n) is 25.2. The molecule has 1 unspecified atom stereocenters. The van der Waals surface area contributed by atoms with Gasteiger partial charge in [0.1, 0.15) is 23.9 Å². The number of anilines is 1. The number of carbonyl (C=O) groups excluding carboxylic acids is 4. The molecule has 0 radical (unpaired) electrons. The molecule has 2 N–H and O–H groups in total. The van der Waals surface area contributed by atoms with Crippen LogP contribution in [0.4, 0.5) is 14.5 Å². The van der Waals surface area contributed by atoms with Crippen LogP contribution in [0.15, 0.2) is 42.1 Å². The summed E-state index contributed by atoms with van der Waals surface area (Å²) in [7, 11) is 7.32. The first-order valence-electron chi connectivity index (χ1n) is 29.7. The molecule has 2 saturated carbocycles. The monoisotopic (exact) mass is 1140 g/mol. The summed E-state index contributed by atoms with van der Waals surface area (Å²) in [6.07, 6.45) is 8.46. The van der Waals surface area contributed by atoms with Crippen molar-refractivity contribution in [2.24, 2.45) is 17.3 Å².